The fourth-order valence-electron chi connectivity index (χ4n) is 9.09. The number of fused-ring (bicyclic) bond motifs is 6. The van der Waals surface area contributed by atoms with Gasteiger partial charge < -0.3 is 17.3 Å². The van der Waals surface area contributed by atoms with Gasteiger partial charge in [0.1, 0.15) is 12.8 Å². The summed E-state index contributed by atoms with van der Waals surface area (Å²) in [5, 5.41) is 5.30. The van der Waals surface area contributed by atoms with Crippen molar-refractivity contribution >= 4 is 44.4 Å². The van der Waals surface area contributed by atoms with Crippen LogP contribution < -0.4 is 17.3 Å². The number of anilines is 1. The molecular weight excluding hydrogens is 668 g/mol. The van der Waals surface area contributed by atoms with Crippen LogP contribution in [0.4, 0.5) is 11.4 Å². The first-order chi connectivity index (χ1) is 24.8. The molecule has 7 rings (SSSR count). The van der Waals surface area contributed by atoms with Gasteiger partial charge in [-0.1, -0.05) is 114 Å². The first-order valence-electron chi connectivity index (χ1n) is 19.5. The average Bonchev–Trinajstić information content (AvgIpc) is 3.46. The van der Waals surface area contributed by atoms with Crippen LogP contribution in [0.3, 0.4) is 0 Å². The number of allylic oxidation sites excluding steroid dienone is 8. The number of carbonyl (C=O) groups excluding carboxylic acids is 1. The van der Waals surface area contributed by atoms with Crippen molar-refractivity contribution in [3.63, 3.8) is 0 Å². The predicted octanol–water partition coefficient (Wildman–Crippen LogP) is 9.45. The summed E-state index contributed by atoms with van der Waals surface area (Å²) in [5.74, 6) is 0.366. The third-order valence-electron chi connectivity index (χ3n) is 12.0. The summed E-state index contributed by atoms with van der Waals surface area (Å²) in [5.41, 5.74) is 10.5. The number of hydrogen-bond donors (Lipinski definition) is 0. The minimum absolute atomic E-state index is 0. The van der Waals surface area contributed by atoms with Crippen LogP contribution in [0.15, 0.2) is 120 Å². The maximum absolute atomic E-state index is 12.6. The molecule has 0 aromatic heterocycles. The molecule has 0 spiro atoms. The lowest BCUT2D eigenvalue weighted by Gasteiger charge is -2.27. The van der Waals surface area contributed by atoms with E-state index >= 15 is 0 Å². The van der Waals surface area contributed by atoms with Crippen molar-refractivity contribution in [1.82, 2.24) is 0 Å². The highest BCUT2D eigenvalue weighted by Crippen LogP contribution is 2.51. The lowest BCUT2D eigenvalue weighted by molar-refractivity contribution is -0.401. The van der Waals surface area contributed by atoms with E-state index in [4.69, 9.17) is 0 Å². The first-order valence-corrected chi connectivity index (χ1v) is 19.5. The van der Waals surface area contributed by atoms with Crippen LogP contribution in [0, 0.1) is 5.41 Å². The summed E-state index contributed by atoms with van der Waals surface area (Å²) >= 11 is 0. The van der Waals surface area contributed by atoms with Crippen LogP contribution >= 0.6 is 0 Å². The summed E-state index contributed by atoms with van der Waals surface area (Å²) < 4.78 is 2.39. The SMILES string of the molecule is C[N+]1=C(C=CC2=CC(=CC=C3N(CCCCCC(=O)C(C)(C)C)c4ccc5ccccc5c4C3(C)C)CCC2)C(C)(C)c2c1ccc1ccccc21.[Cl-]. The topological polar surface area (TPSA) is 23.3 Å². The molecule has 0 saturated carbocycles. The Morgan fingerprint density at radius 1 is 0.774 bits per heavy atom. The van der Waals surface area contributed by atoms with Crippen molar-refractivity contribution in [2.24, 2.45) is 5.41 Å². The van der Waals surface area contributed by atoms with Gasteiger partial charge in [0.05, 0.1) is 5.41 Å². The number of Topliss-reactive ketones (excluding diaryl/α,β-unsaturated/α-hetero) is 1. The van der Waals surface area contributed by atoms with Crippen LogP contribution in [0.5, 0.6) is 0 Å². The molecular formula is C49H57ClN2O. The van der Waals surface area contributed by atoms with Crippen molar-refractivity contribution in [3.05, 3.63) is 131 Å². The quantitative estimate of drug-likeness (QED) is 0.127. The maximum atomic E-state index is 12.6. The molecule has 0 unspecified atom stereocenters. The van der Waals surface area contributed by atoms with E-state index in [0.717, 1.165) is 45.1 Å². The monoisotopic (exact) mass is 724 g/mol. The highest BCUT2D eigenvalue weighted by molar-refractivity contribution is 6.07. The van der Waals surface area contributed by atoms with Gasteiger partial charge in [-0.15, -0.1) is 0 Å². The van der Waals surface area contributed by atoms with Gasteiger partial charge >= 0.3 is 0 Å². The molecule has 4 aromatic carbocycles. The number of hydrogen-bond acceptors (Lipinski definition) is 2. The van der Waals surface area contributed by atoms with Crippen molar-refractivity contribution in [1.29, 1.82) is 0 Å². The van der Waals surface area contributed by atoms with E-state index in [1.54, 1.807) is 0 Å². The van der Waals surface area contributed by atoms with E-state index in [0.29, 0.717) is 12.2 Å². The third kappa shape index (κ3) is 7.22. The second kappa shape index (κ2) is 14.9. The van der Waals surface area contributed by atoms with Crippen LogP contribution in [-0.4, -0.2) is 29.7 Å². The third-order valence-corrected chi connectivity index (χ3v) is 12.0. The molecule has 0 atom stereocenters. The Labute approximate surface area is 324 Å². The van der Waals surface area contributed by atoms with Crippen molar-refractivity contribution in [3.8, 4) is 0 Å². The number of nitrogens with zero attached hydrogens (tertiary/aromatic N) is 2. The second-order valence-corrected chi connectivity index (χ2v) is 17.4. The Hall–Kier alpha value is -4.21. The second-order valence-electron chi connectivity index (χ2n) is 17.4. The smallest absolute Gasteiger partial charge is 0.210 e. The standard InChI is InChI=1S/C49H57N2O.ClH/c1-47(2,3)44(52)23-10-9-15-32-51-41-29-27-37-20-12-14-22-39(37)46(41)49(6,7)43(51)31-25-35-18-16-17-34(33-35)24-30-42-48(4,5)45-38-21-13-11-19-36(38)26-28-40(45)50(42)8;/h11-14,19-22,24-31,33H,9-10,15-18,23,32H2,1-8H3;1H/q+1;/p-1. The molecule has 4 heteroatoms. The van der Waals surface area contributed by atoms with Gasteiger partial charge in [0.15, 0.2) is 5.71 Å². The molecule has 0 N–H and O–H groups in total. The highest BCUT2D eigenvalue weighted by Gasteiger charge is 2.44. The molecule has 0 radical (unpaired) electrons. The van der Waals surface area contributed by atoms with Crippen LogP contribution in [0.2, 0.25) is 0 Å². The largest absolute Gasteiger partial charge is 1.00 e. The Kier molecular flexibility index (Phi) is 10.8. The fourth-order valence-corrected chi connectivity index (χ4v) is 9.09. The Bertz CT molecular complexity index is 2220. The van der Waals surface area contributed by atoms with E-state index in [9.17, 15) is 4.79 Å². The normalized spacial score (nSPS) is 19.3. The number of ketones is 1. The fraction of sp³-hybridized carbons (Fsp3) is 0.388. The van der Waals surface area contributed by atoms with Crippen LogP contribution in [-0.2, 0) is 15.6 Å². The molecule has 0 fully saturated rings. The van der Waals surface area contributed by atoms with Gasteiger partial charge in [0, 0.05) is 52.9 Å². The lowest BCUT2D eigenvalue weighted by Crippen LogP contribution is -3.00. The molecule has 53 heavy (non-hydrogen) atoms. The zero-order valence-corrected chi connectivity index (χ0v) is 33.9. The van der Waals surface area contributed by atoms with E-state index in [-0.39, 0.29) is 28.7 Å². The minimum atomic E-state index is -0.255. The Morgan fingerprint density at radius 3 is 2.13 bits per heavy atom. The van der Waals surface area contributed by atoms with Gasteiger partial charge in [-0.25, -0.2) is 0 Å². The molecule has 1 aliphatic carbocycles. The molecule has 276 valence electrons. The summed E-state index contributed by atoms with van der Waals surface area (Å²) in [6, 6.07) is 26.8. The van der Waals surface area contributed by atoms with Crippen LogP contribution in [0.25, 0.3) is 21.5 Å². The summed E-state index contributed by atoms with van der Waals surface area (Å²) in [6.07, 6.45) is 19.1. The number of carbonyl (C=O) groups is 1. The number of unbranched alkanes of at least 4 members (excludes halogenated alkanes) is 2. The first kappa shape index (κ1) is 38.5. The van der Waals surface area contributed by atoms with Crippen molar-refractivity contribution in [2.75, 3.05) is 18.5 Å². The summed E-state index contributed by atoms with van der Waals surface area (Å²) in [7, 11) is 2.22. The molecule has 0 saturated heterocycles. The average molecular weight is 725 g/mol. The molecule has 2 heterocycles. The lowest BCUT2D eigenvalue weighted by atomic mass is 9.79. The van der Waals surface area contributed by atoms with Gasteiger partial charge in [-0.3, -0.25) is 4.79 Å². The number of benzene rings is 4. The summed E-state index contributed by atoms with van der Waals surface area (Å²) in [4.78, 5) is 15.1. The number of halogens is 1. The van der Waals surface area contributed by atoms with E-state index in [1.165, 1.54) is 66.6 Å². The molecule has 2 aliphatic heterocycles. The zero-order chi connectivity index (χ0) is 36.8. The highest BCUT2D eigenvalue weighted by atomic mass is 35.5. The molecule has 3 nitrogen and oxygen atoms in total. The van der Waals surface area contributed by atoms with E-state index in [2.05, 4.69) is 147 Å². The Balaban J connectivity index is 0.00000481. The Morgan fingerprint density at radius 2 is 1.43 bits per heavy atom. The molecule has 0 amide bonds. The van der Waals surface area contributed by atoms with E-state index in [1.807, 2.05) is 20.8 Å². The van der Waals surface area contributed by atoms with Gasteiger partial charge in [0.25, 0.3) is 0 Å². The van der Waals surface area contributed by atoms with E-state index < -0.39 is 0 Å². The predicted molar refractivity (Wildman–Crippen MR) is 222 cm³/mol. The number of rotatable bonds is 9. The van der Waals surface area contributed by atoms with Crippen LogP contribution in [0.1, 0.15) is 105 Å². The summed E-state index contributed by atoms with van der Waals surface area (Å²) in [6.45, 7) is 16.6. The maximum Gasteiger partial charge on any atom is 0.210 e. The van der Waals surface area contributed by atoms with Gasteiger partial charge in [-0.2, -0.15) is 4.58 Å². The van der Waals surface area contributed by atoms with Gasteiger partial charge in [-0.05, 0) is 102 Å². The van der Waals surface area contributed by atoms with Crippen molar-refractivity contribution in [2.45, 2.75) is 104 Å². The van der Waals surface area contributed by atoms with Gasteiger partial charge in [0.2, 0.25) is 5.69 Å². The molecule has 4 aromatic rings. The molecule has 0 bridgehead atoms. The van der Waals surface area contributed by atoms with Crippen molar-refractivity contribution < 1.29 is 21.8 Å². The molecule has 3 aliphatic rings. The zero-order valence-electron chi connectivity index (χ0n) is 33.2. The minimum Gasteiger partial charge on any atom is -1.00 e.